The van der Waals surface area contributed by atoms with Gasteiger partial charge in [0.1, 0.15) is 0 Å². The molecular weight excluding hydrogens is 396 g/mol. The maximum atomic E-state index is 13.7. The molecule has 0 spiro atoms. The van der Waals surface area contributed by atoms with Crippen LogP contribution in [0.2, 0.25) is 0 Å². The normalized spacial score (nSPS) is 15.4. The summed E-state index contributed by atoms with van der Waals surface area (Å²) >= 11 is 0. The first kappa shape index (κ1) is 20.5. The molecule has 2 aromatic carbocycles. The number of aromatic nitrogens is 1. The number of fused-ring (bicyclic) bond motifs is 2. The Labute approximate surface area is 189 Å². The van der Waals surface area contributed by atoms with E-state index in [1.54, 1.807) is 6.92 Å². The summed E-state index contributed by atoms with van der Waals surface area (Å²) in [7, 11) is 0. The minimum absolute atomic E-state index is 0.0104. The molecule has 0 saturated heterocycles. The Bertz CT molecular complexity index is 1250. The van der Waals surface area contributed by atoms with Crippen LogP contribution in [0.5, 0.6) is 0 Å². The molecule has 0 unspecified atom stereocenters. The van der Waals surface area contributed by atoms with E-state index in [2.05, 4.69) is 19.1 Å². The minimum atomic E-state index is -0.0104. The number of ketones is 1. The van der Waals surface area contributed by atoms with Crippen molar-refractivity contribution in [1.82, 2.24) is 4.57 Å². The Kier molecular flexibility index (Phi) is 5.30. The van der Waals surface area contributed by atoms with Gasteiger partial charge < -0.3 is 9.47 Å². The number of nitrogens with zero attached hydrogens (tertiary/aromatic N) is 2. The summed E-state index contributed by atoms with van der Waals surface area (Å²) in [4.78, 5) is 27.7. The number of para-hydroxylation sites is 1. The van der Waals surface area contributed by atoms with Crippen LogP contribution < -0.4 is 4.90 Å². The summed E-state index contributed by atoms with van der Waals surface area (Å²) in [6.45, 7) is 4.72. The highest BCUT2D eigenvalue weighted by molar-refractivity contribution is 6.07. The van der Waals surface area contributed by atoms with Crippen molar-refractivity contribution in [1.29, 1.82) is 0 Å². The van der Waals surface area contributed by atoms with E-state index >= 15 is 0 Å². The van der Waals surface area contributed by atoms with Gasteiger partial charge in [0.25, 0.3) is 5.91 Å². The van der Waals surface area contributed by atoms with Crippen LogP contribution >= 0.6 is 0 Å². The number of amides is 1. The van der Waals surface area contributed by atoms with E-state index in [0.29, 0.717) is 24.3 Å². The van der Waals surface area contributed by atoms with Crippen LogP contribution in [-0.2, 0) is 13.1 Å². The molecule has 0 bridgehead atoms. The lowest BCUT2D eigenvalue weighted by atomic mass is 9.90. The molecule has 32 heavy (non-hydrogen) atoms. The van der Waals surface area contributed by atoms with Crippen molar-refractivity contribution in [3.8, 4) is 0 Å². The van der Waals surface area contributed by atoms with E-state index in [-0.39, 0.29) is 11.7 Å². The average Bonchev–Trinajstić information content (AvgIpc) is 3.13. The SMILES string of the molecule is CC(=O)c1ccc2n1Cc1ccccc1N(C(=O)c1ccc(C3=CCCCC3)c(C)c1)C2. The molecule has 5 rings (SSSR count). The lowest BCUT2D eigenvalue weighted by Crippen LogP contribution is -2.30. The van der Waals surface area contributed by atoms with Gasteiger partial charge in [-0.1, -0.05) is 30.3 Å². The quantitative estimate of drug-likeness (QED) is 0.472. The number of hydrogen-bond acceptors (Lipinski definition) is 2. The van der Waals surface area contributed by atoms with Crippen LogP contribution in [-0.4, -0.2) is 16.3 Å². The molecule has 1 aliphatic carbocycles. The van der Waals surface area contributed by atoms with Gasteiger partial charge in [0, 0.05) is 23.9 Å². The summed E-state index contributed by atoms with van der Waals surface area (Å²) in [5, 5.41) is 0. The molecule has 0 fully saturated rings. The van der Waals surface area contributed by atoms with E-state index in [1.165, 1.54) is 24.0 Å². The smallest absolute Gasteiger partial charge is 0.258 e. The predicted octanol–water partition coefficient (Wildman–Crippen LogP) is 6.17. The molecule has 2 aliphatic rings. The zero-order valence-electron chi connectivity index (χ0n) is 18.7. The molecule has 1 amide bonds. The molecular formula is C28H28N2O2. The Hall–Kier alpha value is -3.40. The number of Topliss-reactive ketones (excluding diaryl/α,β-unsaturated/α-hetero) is 1. The van der Waals surface area contributed by atoms with Crippen molar-refractivity contribution < 1.29 is 9.59 Å². The van der Waals surface area contributed by atoms with Crippen LogP contribution in [0.15, 0.2) is 60.7 Å². The lowest BCUT2D eigenvalue weighted by molar-refractivity contribution is 0.0983. The highest BCUT2D eigenvalue weighted by atomic mass is 16.2. The molecule has 0 radical (unpaired) electrons. The predicted molar refractivity (Wildman–Crippen MR) is 128 cm³/mol. The number of hydrogen-bond donors (Lipinski definition) is 0. The molecule has 162 valence electrons. The fourth-order valence-electron chi connectivity index (χ4n) is 5.04. The van der Waals surface area contributed by atoms with Crippen molar-refractivity contribution >= 4 is 23.0 Å². The summed E-state index contributed by atoms with van der Waals surface area (Å²) in [6.07, 6.45) is 7.10. The van der Waals surface area contributed by atoms with Gasteiger partial charge in [-0.2, -0.15) is 0 Å². The first-order valence-electron chi connectivity index (χ1n) is 11.4. The van der Waals surface area contributed by atoms with Gasteiger partial charge in [-0.15, -0.1) is 0 Å². The Morgan fingerprint density at radius 1 is 0.938 bits per heavy atom. The molecule has 3 aromatic rings. The zero-order valence-corrected chi connectivity index (χ0v) is 18.7. The van der Waals surface area contributed by atoms with E-state index in [4.69, 9.17) is 0 Å². The number of benzene rings is 2. The van der Waals surface area contributed by atoms with E-state index in [0.717, 1.165) is 35.3 Å². The number of anilines is 1. The van der Waals surface area contributed by atoms with Gasteiger partial charge in [-0.05, 0) is 85.2 Å². The highest BCUT2D eigenvalue weighted by Gasteiger charge is 2.27. The van der Waals surface area contributed by atoms with Crippen LogP contribution in [0.3, 0.4) is 0 Å². The van der Waals surface area contributed by atoms with Gasteiger partial charge >= 0.3 is 0 Å². The second-order valence-electron chi connectivity index (χ2n) is 8.88. The minimum Gasteiger partial charge on any atom is -0.336 e. The molecule has 4 heteroatoms. The van der Waals surface area contributed by atoms with E-state index in [9.17, 15) is 9.59 Å². The molecule has 0 atom stereocenters. The van der Waals surface area contributed by atoms with E-state index in [1.807, 2.05) is 58.0 Å². The van der Waals surface area contributed by atoms with Gasteiger partial charge in [-0.3, -0.25) is 9.59 Å². The van der Waals surface area contributed by atoms with Crippen molar-refractivity contribution in [3.63, 3.8) is 0 Å². The third-order valence-corrected chi connectivity index (χ3v) is 6.72. The molecule has 0 N–H and O–H groups in total. The third kappa shape index (κ3) is 3.60. The fraction of sp³-hybridized carbons (Fsp3) is 0.286. The Balaban J connectivity index is 1.53. The number of allylic oxidation sites excluding steroid dienone is 2. The molecule has 2 heterocycles. The van der Waals surface area contributed by atoms with E-state index < -0.39 is 0 Å². The summed E-state index contributed by atoms with van der Waals surface area (Å²) in [5.74, 6) is 0.0282. The molecule has 0 saturated carbocycles. The largest absolute Gasteiger partial charge is 0.336 e. The maximum Gasteiger partial charge on any atom is 0.258 e. The van der Waals surface area contributed by atoms with Gasteiger partial charge in [0.15, 0.2) is 5.78 Å². The van der Waals surface area contributed by atoms with Crippen molar-refractivity contribution in [2.24, 2.45) is 0 Å². The van der Waals surface area contributed by atoms with Gasteiger partial charge in [0.2, 0.25) is 0 Å². The molecule has 1 aromatic heterocycles. The third-order valence-electron chi connectivity index (χ3n) is 6.72. The summed E-state index contributed by atoms with van der Waals surface area (Å²) < 4.78 is 2.04. The maximum absolute atomic E-state index is 13.7. The fourth-order valence-corrected chi connectivity index (χ4v) is 5.04. The molecule has 1 aliphatic heterocycles. The van der Waals surface area contributed by atoms with Crippen molar-refractivity contribution in [2.75, 3.05) is 4.90 Å². The average molecular weight is 425 g/mol. The monoisotopic (exact) mass is 424 g/mol. The number of rotatable bonds is 3. The Morgan fingerprint density at radius 3 is 2.53 bits per heavy atom. The first-order valence-corrected chi connectivity index (χ1v) is 11.4. The topological polar surface area (TPSA) is 42.3 Å². The highest BCUT2D eigenvalue weighted by Crippen LogP contribution is 2.32. The van der Waals surface area contributed by atoms with Crippen molar-refractivity contribution in [3.05, 3.63) is 94.3 Å². The second-order valence-corrected chi connectivity index (χ2v) is 8.88. The van der Waals surface area contributed by atoms with Crippen LogP contribution in [0.4, 0.5) is 5.69 Å². The Morgan fingerprint density at radius 2 is 1.78 bits per heavy atom. The summed E-state index contributed by atoms with van der Waals surface area (Å²) in [5.41, 5.74) is 8.12. The summed E-state index contributed by atoms with van der Waals surface area (Å²) in [6, 6.07) is 17.9. The second kappa shape index (κ2) is 8.27. The first-order chi connectivity index (χ1) is 15.5. The zero-order chi connectivity index (χ0) is 22.2. The number of carbonyl (C=O) groups excluding carboxylic acids is 2. The van der Waals surface area contributed by atoms with Gasteiger partial charge in [-0.25, -0.2) is 0 Å². The number of carbonyl (C=O) groups is 2. The standard InChI is InChI=1S/C28H28N2O2/c1-19-16-22(12-14-25(19)21-8-4-3-5-9-21)28(32)30-18-24-13-15-26(20(2)31)29(24)17-23-10-6-7-11-27(23)30/h6-8,10-16H,3-5,9,17-18H2,1-2H3. The van der Waals surface area contributed by atoms with Crippen LogP contribution in [0.25, 0.3) is 5.57 Å². The van der Waals surface area contributed by atoms with Crippen molar-refractivity contribution in [2.45, 2.75) is 52.6 Å². The lowest BCUT2D eigenvalue weighted by Gasteiger charge is -2.23. The molecule has 4 nitrogen and oxygen atoms in total. The van der Waals surface area contributed by atoms with Gasteiger partial charge in [0.05, 0.1) is 18.8 Å². The number of aryl methyl sites for hydroxylation is 1. The van der Waals surface area contributed by atoms with Crippen LogP contribution in [0.1, 0.15) is 75.8 Å². The van der Waals surface area contributed by atoms with Crippen LogP contribution in [0, 0.1) is 6.92 Å².